The van der Waals surface area contributed by atoms with Crippen molar-refractivity contribution < 1.29 is 14.6 Å². The molecule has 1 aliphatic rings. The van der Waals surface area contributed by atoms with Crippen molar-refractivity contribution in [3.8, 4) is 0 Å². The fraction of sp³-hybridized carbons (Fsp3) is 0.733. The van der Waals surface area contributed by atoms with Crippen molar-refractivity contribution in [3.63, 3.8) is 0 Å². The van der Waals surface area contributed by atoms with E-state index in [1.54, 1.807) is 17.8 Å². The molecule has 118 valence electrons. The standard InChI is InChI=1S/C15H25N3O3/c1-3-21-15(20)13-10-16-17(2)14(13)11-18(8-5-9-19)12-6-4-7-12/h10,12,19H,3-9,11H2,1-2H3. The molecule has 0 aromatic carbocycles. The number of carbonyl (C=O) groups is 1. The zero-order valence-electron chi connectivity index (χ0n) is 12.9. The molecule has 1 saturated carbocycles. The van der Waals surface area contributed by atoms with Crippen molar-refractivity contribution in [2.75, 3.05) is 19.8 Å². The van der Waals surface area contributed by atoms with Gasteiger partial charge >= 0.3 is 5.97 Å². The van der Waals surface area contributed by atoms with Crippen molar-refractivity contribution in [2.24, 2.45) is 7.05 Å². The number of aryl methyl sites for hydroxylation is 1. The second-order valence-corrected chi connectivity index (χ2v) is 5.48. The summed E-state index contributed by atoms with van der Waals surface area (Å²) >= 11 is 0. The molecular weight excluding hydrogens is 270 g/mol. The highest BCUT2D eigenvalue weighted by Gasteiger charge is 2.27. The molecule has 0 spiro atoms. The van der Waals surface area contributed by atoms with Crippen molar-refractivity contribution in [3.05, 3.63) is 17.5 Å². The topological polar surface area (TPSA) is 67.6 Å². The normalized spacial score (nSPS) is 15.2. The number of aliphatic hydroxyl groups excluding tert-OH is 1. The van der Waals surface area contributed by atoms with Crippen LogP contribution in [0.1, 0.15) is 48.7 Å². The first-order valence-corrected chi connectivity index (χ1v) is 7.70. The molecule has 0 radical (unpaired) electrons. The average molecular weight is 295 g/mol. The fourth-order valence-corrected chi connectivity index (χ4v) is 2.64. The SMILES string of the molecule is CCOC(=O)c1cnn(C)c1CN(CCCO)C1CCC1. The number of esters is 1. The lowest BCUT2D eigenvalue weighted by atomic mass is 9.91. The van der Waals surface area contributed by atoms with Crippen LogP contribution in [-0.2, 0) is 18.3 Å². The Hall–Kier alpha value is -1.40. The van der Waals surface area contributed by atoms with Gasteiger partial charge in [0.25, 0.3) is 0 Å². The molecule has 1 aromatic rings. The Kier molecular flexibility index (Phi) is 5.76. The van der Waals surface area contributed by atoms with Crippen LogP contribution < -0.4 is 0 Å². The van der Waals surface area contributed by atoms with Gasteiger partial charge < -0.3 is 9.84 Å². The van der Waals surface area contributed by atoms with Crippen molar-refractivity contribution in [1.82, 2.24) is 14.7 Å². The van der Waals surface area contributed by atoms with Crippen molar-refractivity contribution in [1.29, 1.82) is 0 Å². The highest BCUT2D eigenvalue weighted by Crippen LogP contribution is 2.27. The third-order valence-corrected chi connectivity index (χ3v) is 4.10. The molecule has 6 nitrogen and oxygen atoms in total. The fourth-order valence-electron chi connectivity index (χ4n) is 2.64. The van der Waals surface area contributed by atoms with Crippen LogP contribution >= 0.6 is 0 Å². The number of carbonyl (C=O) groups excluding carboxylic acids is 1. The molecule has 0 atom stereocenters. The molecule has 2 rings (SSSR count). The number of hydrogen-bond acceptors (Lipinski definition) is 5. The summed E-state index contributed by atoms with van der Waals surface area (Å²) in [6.07, 6.45) is 5.98. The maximum absolute atomic E-state index is 12.0. The predicted molar refractivity (Wildman–Crippen MR) is 78.9 cm³/mol. The van der Waals surface area contributed by atoms with Gasteiger partial charge in [-0.05, 0) is 26.2 Å². The summed E-state index contributed by atoms with van der Waals surface area (Å²) in [5, 5.41) is 13.3. The smallest absolute Gasteiger partial charge is 0.341 e. The molecule has 0 amide bonds. The second kappa shape index (κ2) is 7.56. The minimum absolute atomic E-state index is 0.194. The zero-order valence-corrected chi connectivity index (χ0v) is 12.9. The number of ether oxygens (including phenoxy) is 1. The van der Waals surface area contributed by atoms with E-state index in [4.69, 9.17) is 9.84 Å². The van der Waals surface area contributed by atoms with Gasteiger partial charge in [0, 0.05) is 32.8 Å². The maximum atomic E-state index is 12.0. The molecule has 1 heterocycles. The molecule has 0 saturated heterocycles. The lowest BCUT2D eigenvalue weighted by Gasteiger charge is -2.37. The number of hydrogen-bond donors (Lipinski definition) is 1. The van der Waals surface area contributed by atoms with Gasteiger partial charge in [-0.25, -0.2) is 4.79 Å². The van der Waals surface area contributed by atoms with Gasteiger partial charge in [-0.3, -0.25) is 9.58 Å². The van der Waals surface area contributed by atoms with E-state index in [1.165, 1.54) is 19.3 Å². The van der Waals surface area contributed by atoms with E-state index in [2.05, 4.69) is 10.00 Å². The number of aliphatic hydroxyl groups is 1. The van der Waals surface area contributed by atoms with Crippen LogP contribution in [0.2, 0.25) is 0 Å². The minimum atomic E-state index is -0.309. The van der Waals surface area contributed by atoms with E-state index in [9.17, 15) is 4.79 Å². The first kappa shape index (κ1) is 16.0. The Balaban J connectivity index is 2.11. The summed E-state index contributed by atoms with van der Waals surface area (Å²) in [5.74, 6) is -0.309. The van der Waals surface area contributed by atoms with Gasteiger partial charge in [-0.15, -0.1) is 0 Å². The molecular formula is C15H25N3O3. The molecule has 0 unspecified atom stereocenters. The van der Waals surface area contributed by atoms with E-state index in [1.807, 2.05) is 7.05 Å². The highest BCUT2D eigenvalue weighted by atomic mass is 16.5. The summed E-state index contributed by atoms with van der Waals surface area (Å²) in [6.45, 7) is 3.88. The lowest BCUT2D eigenvalue weighted by Crippen LogP contribution is -2.41. The van der Waals surface area contributed by atoms with Gasteiger partial charge in [0.15, 0.2) is 0 Å². The van der Waals surface area contributed by atoms with E-state index < -0.39 is 0 Å². The zero-order chi connectivity index (χ0) is 15.2. The van der Waals surface area contributed by atoms with Crippen molar-refractivity contribution >= 4 is 5.97 Å². The van der Waals surface area contributed by atoms with Crippen LogP contribution in [-0.4, -0.2) is 51.6 Å². The third kappa shape index (κ3) is 3.83. The van der Waals surface area contributed by atoms with E-state index in [-0.39, 0.29) is 12.6 Å². The summed E-state index contributed by atoms with van der Waals surface area (Å²) in [6, 6.07) is 0.557. The molecule has 6 heteroatoms. The number of nitrogens with zero attached hydrogens (tertiary/aromatic N) is 3. The Morgan fingerprint density at radius 2 is 2.33 bits per heavy atom. The first-order valence-electron chi connectivity index (χ1n) is 7.70. The Morgan fingerprint density at radius 1 is 1.57 bits per heavy atom. The van der Waals surface area contributed by atoms with E-state index in [0.717, 1.165) is 18.7 Å². The lowest BCUT2D eigenvalue weighted by molar-refractivity contribution is 0.0520. The van der Waals surface area contributed by atoms with Crippen LogP contribution in [0.4, 0.5) is 0 Å². The van der Waals surface area contributed by atoms with Gasteiger partial charge in [0.2, 0.25) is 0 Å². The van der Waals surface area contributed by atoms with Gasteiger partial charge in [0.1, 0.15) is 5.56 Å². The summed E-state index contributed by atoms with van der Waals surface area (Å²) in [5.41, 5.74) is 1.44. The largest absolute Gasteiger partial charge is 0.462 e. The van der Waals surface area contributed by atoms with Gasteiger partial charge in [-0.2, -0.15) is 5.10 Å². The number of rotatable bonds is 8. The predicted octanol–water partition coefficient (Wildman–Crippen LogP) is 1.33. The second-order valence-electron chi connectivity index (χ2n) is 5.48. The first-order chi connectivity index (χ1) is 10.2. The van der Waals surface area contributed by atoms with E-state index >= 15 is 0 Å². The molecule has 0 aliphatic heterocycles. The molecule has 1 aromatic heterocycles. The molecule has 21 heavy (non-hydrogen) atoms. The molecule has 1 N–H and O–H groups in total. The number of aromatic nitrogens is 2. The summed E-state index contributed by atoms with van der Waals surface area (Å²) < 4.78 is 6.84. The monoisotopic (exact) mass is 295 g/mol. The Bertz CT molecular complexity index is 469. The van der Waals surface area contributed by atoms with Gasteiger partial charge in [0.05, 0.1) is 18.5 Å². The van der Waals surface area contributed by atoms with Crippen LogP contribution in [0.5, 0.6) is 0 Å². The molecule has 0 bridgehead atoms. The van der Waals surface area contributed by atoms with Crippen molar-refractivity contribution in [2.45, 2.75) is 45.2 Å². The van der Waals surface area contributed by atoms with Crippen LogP contribution in [0.25, 0.3) is 0 Å². The van der Waals surface area contributed by atoms with E-state index in [0.29, 0.717) is 24.8 Å². The summed E-state index contributed by atoms with van der Waals surface area (Å²) in [4.78, 5) is 14.3. The Labute approximate surface area is 125 Å². The maximum Gasteiger partial charge on any atom is 0.341 e. The highest BCUT2D eigenvalue weighted by molar-refractivity contribution is 5.90. The third-order valence-electron chi connectivity index (χ3n) is 4.10. The van der Waals surface area contributed by atoms with Crippen LogP contribution in [0.3, 0.4) is 0 Å². The van der Waals surface area contributed by atoms with Crippen LogP contribution in [0, 0.1) is 0 Å². The summed E-state index contributed by atoms with van der Waals surface area (Å²) in [7, 11) is 1.85. The van der Waals surface area contributed by atoms with Crippen LogP contribution in [0.15, 0.2) is 6.20 Å². The average Bonchev–Trinajstić information content (AvgIpc) is 2.76. The molecule has 1 aliphatic carbocycles. The van der Waals surface area contributed by atoms with Gasteiger partial charge in [-0.1, -0.05) is 6.42 Å². The Morgan fingerprint density at radius 3 is 2.90 bits per heavy atom. The quantitative estimate of drug-likeness (QED) is 0.733. The minimum Gasteiger partial charge on any atom is -0.462 e. The molecule has 1 fully saturated rings.